The number of carbonyl (C=O) groups is 1. The van der Waals surface area contributed by atoms with Gasteiger partial charge in [0.15, 0.2) is 5.96 Å². The van der Waals surface area contributed by atoms with Gasteiger partial charge in [-0.1, -0.05) is 54.6 Å². The van der Waals surface area contributed by atoms with Crippen LogP contribution in [0, 0.1) is 5.92 Å². The van der Waals surface area contributed by atoms with Crippen molar-refractivity contribution >= 4 is 11.9 Å². The number of guanidine groups is 1. The summed E-state index contributed by atoms with van der Waals surface area (Å²) in [7, 11) is 1.69. The first-order valence-electron chi connectivity index (χ1n) is 8.76. The number of carbonyl (C=O) groups excluding carboxylic acids is 1. The monoisotopic (exact) mass is 333 g/mol. The fourth-order valence-electron chi connectivity index (χ4n) is 4.07. The lowest BCUT2D eigenvalue weighted by Gasteiger charge is -2.34. The van der Waals surface area contributed by atoms with Crippen LogP contribution in [-0.4, -0.2) is 29.4 Å². The fourth-order valence-corrected chi connectivity index (χ4v) is 4.07. The molecule has 2 aromatic rings. The summed E-state index contributed by atoms with van der Waals surface area (Å²) in [4.78, 5) is 18.4. The van der Waals surface area contributed by atoms with Gasteiger partial charge in [0, 0.05) is 7.05 Å². The SMILES string of the molecule is CN1C(=O)CC(C)(C2CC2c2ccccc2-c2ccccc2)N=C1N. The molecule has 4 heteroatoms. The van der Waals surface area contributed by atoms with Crippen molar-refractivity contribution in [2.45, 2.75) is 31.2 Å². The van der Waals surface area contributed by atoms with Crippen molar-refractivity contribution < 1.29 is 4.79 Å². The Kier molecular flexibility index (Phi) is 3.64. The van der Waals surface area contributed by atoms with E-state index in [1.54, 1.807) is 7.05 Å². The fraction of sp³-hybridized carbons (Fsp3) is 0.333. The van der Waals surface area contributed by atoms with Gasteiger partial charge in [-0.2, -0.15) is 0 Å². The zero-order valence-electron chi connectivity index (χ0n) is 14.6. The first-order chi connectivity index (χ1) is 12.0. The third-order valence-corrected chi connectivity index (χ3v) is 5.63. The summed E-state index contributed by atoms with van der Waals surface area (Å²) in [6.07, 6.45) is 1.48. The maximum absolute atomic E-state index is 12.2. The maximum Gasteiger partial charge on any atom is 0.231 e. The molecule has 128 valence electrons. The molecule has 2 aromatic carbocycles. The molecule has 1 saturated carbocycles. The van der Waals surface area contributed by atoms with Crippen molar-refractivity contribution in [3.05, 3.63) is 60.2 Å². The highest BCUT2D eigenvalue weighted by molar-refractivity contribution is 5.98. The van der Waals surface area contributed by atoms with Crippen molar-refractivity contribution in [3.8, 4) is 11.1 Å². The van der Waals surface area contributed by atoms with Crippen molar-refractivity contribution in [1.29, 1.82) is 0 Å². The van der Waals surface area contributed by atoms with E-state index >= 15 is 0 Å². The highest BCUT2D eigenvalue weighted by Gasteiger charge is 2.54. The number of amides is 1. The molecule has 1 aliphatic heterocycles. The molecular weight excluding hydrogens is 310 g/mol. The molecule has 3 atom stereocenters. The minimum absolute atomic E-state index is 0.0528. The van der Waals surface area contributed by atoms with E-state index in [1.165, 1.54) is 21.6 Å². The molecule has 4 rings (SSSR count). The van der Waals surface area contributed by atoms with Crippen LogP contribution in [0.1, 0.15) is 31.2 Å². The number of nitrogens with two attached hydrogens (primary N) is 1. The lowest BCUT2D eigenvalue weighted by Crippen LogP contribution is -2.49. The third kappa shape index (κ3) is 2.72. The molecule has 4 nitrogen and oxygen atoms in total. The molecule has 25 heavy (non-hydrogen) atoms. The molecule has 0 spiro atoms. The Morgan fingerprint density at radius 3 is 2.52 bits per heavy atom. The Morgan fingerprint density at radius 2 is 1.80 bits per heavy atom. The van der Waals surface area contributed by atoms with Gasteiger partial charge < -0.3 is 5.73 Å². The van der Waals surface area contributed by atoms with Gasteiger partial charge in [-0.3, -0.25) is 9.69 Å². The van der Waals surface area contributed by atoms with E-state index in [-0.39, 0.29) is 5.91 Å². The topological polar surface area (TPSA) is 58.7 Å². The zero-order chi connectivity index (χ0) is 17.6. The van der Waals surface area contributed by atoms with Gasteiger partial charge in [0.2, 0.25) is 5.91 Å². The Morgan fingerprint density at radius 1 is 1.12 bits per heavy atom. The summed E-state index contributed by atoms with van der Waals surface area (Å²) >= 11 is 0. The van der Waals surface area contributed by atoms with Gasteiger partial charge in [0.1, 0.15) is 0 Å². The molecule has 0 bridgehead atoms. The molecule has 2 N–H and O–H groups in total. The first-order valence-corrected chi connectivity index (χ1v) is 8.76. The minimum Gasteiger partial charge on any atom is -0.369 e. The Bertz CT molecular complexity index is 845. The third-order valence-electron chi connectivity index (χ3n) is 5.63. The number of rotatable bonds is 3. The van der Waals surface area contributed by atoms with Crippen LogP contribution in [0.15, 0.2) is 59.6 Å². The largest absolute Gasteiger partial charge is 0.369 e. The van der Waals surface area contributed by atoms with E-state index in [9.17, 15) is 4.79 Å². The van der Waals surface area contributed by atoms with Crippen LogP contribution in [-0.2, 0) is 4.79 Å². The highest BCUT2D eigenvalue weighted by Crippen LogP contribution is 2.58. The summed E-state index contributed by atoms with van der Waals surface area (Å²) < 4.78 is 0. The number of hydrogen-bond donors (Lipinski definition) is 1. The average Bonchev–Trinajstić information content (AvgIpc) is 3.42. The quantitative estimate of drug-likeness (QED) is 0.936. The van der Waals surface area contributed by atoms with E-state index in [2.05, 4.69) is 60.4 Å². The average molecular weight is 333 g/mol. The molecule has 1 heterocycles. The molecule has 1 amide bonds. The van der Waals surface area contributed by atoms with E-state index in [1.807, 2.05) is 6.07 Å². The van der Waals surface area contributed by atoms with Crippen LogP contribution < -0.4 is 5.73 Å². The van der Waals surface area contributed by atoms with E-state index in [0.717, 1.165) is 6.42 Å². The van der Waals surface area contributed by atoms with Gasteiger partial charge in [-0.15, -0.1) is 0 Å². The molecule has 1 aliphatic carbocycles. The lowest BCUT2D eigenvalue weighted by atomic mass is 9.86. The van der Waals surface area contributed by atoms with Crippen molar-refractivity contribution in [2.24, 2.45) is 16.6 Å². The van der Waals surface area contributed by atoms with Gasteiger partial charge in [0.05, 0.1) is 12.0 Å². The van der Waals surface area contributed by atoms with Crippen molar-refractivity contribution in [1.82, 2.24) is 4.90 Å². The number of aliphatic imine (C=N–C) groups is 1. The van der Waals surface area contributed by atoms with Gasteiger partial charge in [0.25, 0.3) is 0 Å². The molecule has 1 fully saturated rings. The number of hydrogen-bond acceptors (Lipinski definition) is 3. The van der Waals surface area contributed by atoms with Gasteiger partial charge in [-0.25, -0.2) is 4.99 Å². The van der Waals surface area contributed by atoms with Crippen LogP contribution in [0.25, 0.3) is 11.1 Å². The smallest absolute Gasteiger partial charge is 0.231 e. The lowest BCUT2D eigenvalue weighted by molar-refractivity contribution is -0.128. The van der Waals surface area contributed by atoms with E-state index < -0.39 is 5.54 Å². The van der Waals surface area contributed by atoms with E-state index in [4.69, 9.17) is 5.73 Å². The van der Waals surface area contributed by atoms with Crippen LogP contribution >= 0.6 is 0 Å². The van der Waals surface area contributed by atoms with E-state index in [0.29, 0.717) is 24.2 Å². The predicted molar refractivity (Wildman–Crippen MR) is 100 cm³/mol. The summed E-state index contributed by atoms with van der Waals surface area (Å²) in [6.45, 7) is 2.07. The second kappa shape index (κ2) is 5.73. The molecule has 0 saturated heterocycles. The Labute approximate surface area is 148 Å². The van der Waals surface area contributed by atoms with Gasteiger partial charge in [-0.05, 0) is 41.9 Å². The van der Waals surface area contributed by atoms with Gasteiger partial charge >= 0.3 is 0 Å². The highest BCUT2D eigenvalue weighted by atomic mass is 16.2. The summed E-state index contributed by atoms with van der Waals surface area (Å²) in [5.74, 6) is 1.17. The van der Waals surface area contributed by atoms with Crippen molar-refractivity contribution in [2.75, 3.05) is 7.05 Å². The molecule has 3 unspecified atom stereocenters. The first kappa shape index (κ1) is 15.9. The standard InChI is InChI=1S/C21H23N3O/c1-21(13-19(25)24(2)20(22)23-21)18-12-17(18)16-11-7-6-10-15(16)14-8-4-3-5-9-14/h3-11,17-18H,12-13H2,1-2H3,(H2,22,23). The Hall–Kier alpha value is -2.62. The van der Waals surface area contributed by atoms with Crippen molar-refractivity contribution in [3.63, 3.8) is 0 Å². The summed E-state index contributed by atoms with van der Waals surface area (Å²) in [6, 6.07) is 19.0. The molecule has 0 radical (unpaired) electrons. The molecular formula is C21H23N3O. The second-order valence-electron chi connectivity index (χ2n) is 7.36. The maximum atomic E-state index is 12.2. The predicted octanol–water partition coefficient (Wildman–Crippen LogP) is 3.39. The van der Waals surface area contributed by atoms with Crippen LogP contribution in [0.2, 0.25) is 0 Å². The molecule has 0 aromatic heterocycles. The molecule has 2 aliphatic rings. The minimum atomic E-state index is -0.401. The Balaban J connectivity index is 1.66. The van der Waals surface area contributed by atoms with Crippen LogP contribution in [0.5, 0.6) is 0 Å². The summed E-state index contributed by atoms with van der Waals surface area (Å²) in [5, 5.41) is 0. The van der Waals surface area contributed by atoms with Crippen LogP contribution in [0.3, 0.4) is 0 Å². The zero-order valence-corrected chi connectivity index (χ0v) is 14.6. The normalized spacial score (nSPS) is 28.6. The number of benzene rings is 2. The van der Waals surface area contributed by atoms with Crippen LogP contribution in [0.4, 0.5) is 0 Å². The number of nitrogens with zero attached hydrogens (tertiary/aromatic N) is 2. The summed E-state index contributed by atoms with van der Waals surface area (Å²) in [5.41, 5.74) is 9.42. The second-order valence-corrected chi connectivity index (χ2v) is 7.36.